The highest BCUT2D eigenvalue weighted by atomic mass is 32.2. The first-order valence-corrected chi connectivity index (χ1v) is 9.15. The Labute approximate surface area is 138 Å². The number of aryl methyl sites for hydroxylation is 2. The molecule has 0 fully saturated rings. The Morgan fingerprint density at radius 3 is 2.57 bits per heavy atom. The molecule has 0 amide bonds. The monoisotopic (exact) mass is 349 g/mol. The van der Waals surface area contributed by atoms with E-state index < -0.39 is 10.0 Å². The number of hydrogen-bond donors (Lipinski definition) is 1. The molecule has 0 radical (unpaired) electrons. The fourth-order valence-corrected chi connectivity index (χ4v) is 4.13. The molecule has 3 rings (SSSR count). The van der Waals surface area contributed by atoms with Crippen LogP contribution in [-0.4, -0.2) is 28.4 Å². The van der Waals surface area contributed by atoms with Crippen molar-refractivity contribution >= 4 is 26.5 Å². The minimum absolute atomic E-state index is 0.140. The molecule has 9 heteroatoms. The van der Waals surface area contributed by atoms with E-state index in [1.54, 1.807) is 18.5 Å². The van der Waals surface area contributed by atoms with Gasteiger partial charge in [0, 0.05) is 6.20 Å². The number of anilines is 1. The first-order chi connectivity index (χ1) is 10.9. The second kappa shape index (κ2) is 6.09. The van der Waals surface area contributed by atoms with Crippen molar-refractivity contribution in [2.24, 2.45) is 0 Å². The molecule has 0 bridgehead atoms. The van der Waals surface area contributed by atoms with Crippen molar-refractivity contribution in [1.29, 1.82) is 0 Å². The number of sulfonamides is 1. The maximum atomic E-state index is 12.5. The van der Waals surface area contributed by atoms with Crippen LogP contribution in [0.15, 0.2) is 41.4 Å². The number of nitrogens with one attached hydrogen (secondary N) is 1. The summed E-state index contributed by atoms with van der Waals surface area (Å²) in [4.78, 5) is 0.140. The van der Waals surface area contributed by atoms with E-state index in [4.69, 9.17) is 0 Å². The Balaban J connectivity index is 1.85. The second-order valence-electron chi connectivity index (χ2n) is 4.99. The molecule has 7 nitrogen and oxygen atoms in total. The Bertz CT molecular complexity index is 916. The maximum Gasteiger partial charge on any atom is 0.267 e. The van der Waals surface area contributed by atoms with Crippen LogP contribution < -0.4 is 4.72 Å². The third-order valence-electron chi connectivity index (χ3n) is 3.13. The largest absolute Gasteiger partial charge is 0.267 e. The summed E-state index contributed by atoms with van der Waals surface area (Å²) in [6.45, 7) is 3.94. The number of rotatable bonds is 5. The summed E-state index contributed by atoms with van der Waals surface area (Å²) in [7, 11) is -3.73. The fourth-order valence-electron chi connectivity index (χ4n) is 2.12. The van der Waals surface area contributed by atoms with Gasteiger partial charge in [-0.1, -0.05) is 41.7 Å². The molecule has 120 valence electrons. The first kappa shape index (κ1) is 15.6. The van der Waals surface area contributed by atoms with Crippen molar-refractivity contribution in [3.8, 4) is 0 Å². The predicted molar refractivity (Wildman–Crippen MR) is 88.0 cm³/mol. The lowest BCUT2D eigenvalue weighted by Gasteiger charge is -2.02. The van der Waals surface area contributed by atoms with Crippen molar-refractivity contribution in [1.82, 2.24) is 20.0 Å². The molecular formula is C14H15N5O2S2. The van der Waals surface area contributed by atoms with E-state index in [1.807, 2.05) is 30.3 Å². The van der Waals surface area contributed by atoms with Gasteiger partial charge in [0.15, 0.2) is 0 Å². The van der Waals surface area contributed by atoms with E-state index >= 15 is 0 Å². The third-order valence-corrected chi connectivity index (χ3v) is 5.45. The summed E-state index contributed by atoms with van der Waals surface area (Å²) in [5, 5.41) is 12.8. The Morgan fingerprint density at radius 1 is 1.17 bits per heavy atom. The van der Waals surface area contributed by atoms with Crippen molar-refractivity contribution < 1.29 is 8.42 Å². The van der Waals surface area contributed by atoms with Crippen molar-refractivity contribution in [3.63, 3.8) is 0 Å². The third kappa shape index (κ3) is 3.57. The average Bonchev–Trinajstić information content (AvgIpc) is 3.06. The lowest BCUT2D eigenvalue weighted by molar-refractivity contribution is 0.600. The van der Waals surface area contributed by atoms with E-state index in [2.05, 4.69) is 20.0 Å². The molecule has 0 atom stereocenters. The van der Waals surface area contributed by atoms with Crippen LogP contribution in [0.5, 0.6) is 0 Å². The number of hydrogen-bond acceptors (Lipinski definition) is 6. The van der Waals surface area contributed by atoms with Gasteiger partial charge in [0.25, 0.3) is 10.0 Å². The van der Waals surface area contributed by atoms with Crippen LogP contribution in [0.4, 0.5) is 5.13 Å². The zero-order valence-electron chi connectivity index (χ0n) is 12.6. The molecular weight excluding hydrogens is 334 g/mol. The Morgan fingerprint density at radius 2 is 1.91 bits per heavy atom. The van der Waals surface area contributed by atoms with Crippen molar-refractivity contribution in [2.45, 2.75) is 25.3 Å². The van der Waals surface area contributed by atoms with Crippen LogP contribution in [0.1, 0.15) is 16.3 Å². The smallest absolute Gasteiger partial charge is 0.267 e. The highest BCUT2D eigenvalue weighted by molar-refractivity contribution is 7.93. The maximum absolute atomic E-state index is 12.5. The van der Waals surface area contributed by atoms with Crippen LogP contribution in [0.25, 0.3) is 0 Å². The van der Waals surface area contributed by atoms with Gasteiger partial charge in [0.1, 0.15) is 9.90 Å². The molecule has 0 aliphatic heterocycles. The number of benzene rings is 1. The zero-order chi connectivity index (χ0) is 16.4. The van der Waals surface area contributed by atoms with Crippen LogP contribution >= 0.6 is 11.3 Å². The SMILES string of the molecule is Cc1nnc(NS(=O)(=O)c2cn(Cc3ccccc3)nc2C)s1. The minimum Gasteiger partial charge on any atom is -0.267 e. The van der Waals surface area contributed by atoms with E-state index in [1.165, 1.54) is 17.5 Å². The fraction of sp³-hybridized carbons (Fsp3) is 0.214. The molecule has 0 aliphatic carbocycles. The van der Waals surface area contributed by atoms with Crippen LogP contribution in [-0.2, 0) is 16.6 Å². The van der Waals surface area contributed by atoms with E-state index in [0.29, 0.717) is 17.2 Å². The zero-order valence-corrected chi connectivity index (χ0v) is 14.2. The van der Waals surface area contributed by atoms with Crippen LogP contribution in [0.2, 0.25) is 0 Å². The molecule has 2 heterocycles. The molecule has 0 aliphatic rings. The summed E-state index contributed by atoms with van der Waals surface area (Å²) < 4.78 is 29.0. The summed E-state index contributed by atoms with van der Waals surface area (Å²) in [5.41, 5.74) is 1.49. The highest BCUT2D eigenvalue weighted by Gasteiger charge is 2.22. The number of nitrogens with zero attached hydrogens (tertiary/aromatic N) is 4. The van der Waals surface area contributed by atoms with Gasteiger partial charge in [-0.05, 0) is 19.4 Å². The van der Waals surface area contributed by atoms with E-state index in [9.17, 15) is 8.42 Å². The molecule has 0 unspecified atom stereocenters. The van der Waals surface area contributed by atoms with Gasteiger partial charge in [-0.25, -0.2) is 8.42 Å². The van der Waals surface area contributed by atoms with E-state index in [0.717, 1.165) is 5.56 Å². The number of aromatic nitrogens is 4. The standard InChI is InChI=1S/C14H15N5O2S2/c1-10-13(23(20,21)18-14-16-15-11(2)22-14)9-19(17-10)8-12-6-4-3-5-7-12/h3-7,9H,8H2,1-2H3,(H,16,18). The van der Waals surface area contributed by atoms with Crippen molar-refractivity contribution in [2.75, 3.05) is 4.72 Å². The summed E-state index contributed by atoms with van der Waals surface area (Å²) in [6, 6.07) is 9.73. The van der Waals surface area contributed by atoms with Crippen molar-refractivity contribution in [3.05, 3.63) is 52.8 Å². The van der Waals surface area contributed by atoms with Gasteiger partial charge in [-0.3, -0.25) is 9.40 Å². The molecule has 23 heavy (non-hydrogen) atoms. The predicted octanol–water partition coefficient (Wildman–Crippen LogP) is 2.20. The molecule has 1 aromatic carbocycles. The normalized spacial score (nSPS) is 11.6. The lowest BCUT2D eigenvalue weighted by Crippen LogP contribution is -2.13. The summed E-state index contributed by atoms with van der Waals surface area (Å²) in [5.74, 6) is 0. The van der Waals surface area contributed by atoms with Gasteiger partial charge < -0.3 is 0 Å². The van der Waals surface area contributed by atoms with Gasteiger partial charge in [0.2, 0.25) is 5.13 Å². The van der Waals surface area contributed by atoms with Gasteiger partial charge in [-0.2, -0.15) is 5.10 Å². The highest BCUT2D eigenvalue weighted by Crippen LogP contribution is 2.21. The van der Waals surface area contributed by atoms with Gasteiger partial charge in [-0.15, -0.1) is 10.2 Å². The molecule has 2 aromatic heterocycles. The van der Waals surface area contributed by atoms with Gasteiger partial charge >= 0.3 is 0 Å². The summed E-state index contributed by atoms with van der Waals surface area (Å²) in [6.07, 6.45) is 1.53. The quantitative estimate of drug-likeness (QED) is 0.763. The summed E-state index contributed by atoms with van der Waals surface area (Å²) >= 11 is 1.18. The molecule has 1 N–H and O–H groups in total. The van der Waals surface area contributed by atoms with E-state index in [-0.39, 0.29) is 10.0 Å². The first-order valence-electron chi connectivity index (χ1n) is 6.85. The average molecular weight is 349 g/mol. The molecule has 0 saturated carbocycles. The Kier molecular flexibility index (Phi) is 4.14. The molecule has 0 spiro atoms. The minimum atomic E-state index is -3.73. The topological polar surface area (TPSA) is 89.8 Å². The second-order valence-corrected chi connectivity index (χ2v) is 7.83. The van der Waals surface area contributed by atoms with Gasteiger partial charge in [0.05, 0.1) is 12.2 Å². The lowest BCUT2D eigenvalue weighted by atomic mass is 10.2. The van der Waals surface area contributed by atoms with Crippen LogP contribution in [0.3, 0.4) is 0 Å². The molecule has 3 aromatic rings. The van der Waals surface area contributed by atoms with Crippen LogP contribution in [0, 0.1) is 13.8 Å². The molecule has 0 saturated heterocycles. The Hall–Kier alpha value is -2.26.